The summed E-state index contributed by atoms with van der Waals surface area (Å²) in [6.07, 6.45) is 6.35. The van der Waals surface area contributed by atoms with E-state index in [0.717, 1.165) is 28.2 Å². The van der Waals surface area contributed by atoms with Gasteiger partial charge in [0.15, 0.2) is 5.16 Å². The van der Waals surface area contributed by atoms with Crippen LogP contribution >= 0.6 is 11.8 Å². The van der Waals surface area contributed by atoms with Gasteiger partial charge < -0.3 is 4.74 Å². The molecule has 1 aliphatic carbocycles. The van der Waals surface area contributed by atoms with E-state index in [2.05, 4.69) is 77.1 Å². The number of hydrogen-bond donors (Lipinski definition) is 0. The quantitative estimate of drug-likeness (QED) is 0.350. The molecule has 1 aromatic heterocycles. The fourth-order valence-electron chi connectivity index (χ4n) is 3.97. The van der Waals surface area contributed by atoms with Gasteiger partial charge in [-0.15, -0.1) is 10.2 Å². The van der Waals surface area contributed by atoms with Crippen molar-refractivity contribution in [1.82, 2.24) is 14.8 Å². The summed E-state index contributed by atoms with van der Waals surface area (Å²) < 4.78 is 8.29. The molecule has 1 aliphatic rings. The molecule has 1 fully saturated rings. The van der Waals surface area contributed by atoms with Crippen LogP contribution in [-0.2, 0) is 0 Å². The second kappa shape index (κ2) is 9.49. The van der Waals surface area contributed by atoms with Gasteiger partial charge in [-0.05, 0) is 56.0 Å². The molecule has 1 saturated carbocycles. The van der Waals surface area contributed by atoms with Crippen LogP contribution in [-0.4, -0.2) is 27.1 Å². The number of para-hydroxylation sites is 1. The number of hydrogen-bond acceptors (Lipinski definition) is 4. The Balaban J connectivity index is 1.48. The van der Waals surface area contributed by atoms with Crippen LogP contribution in [0.3, 0.4) is 0 Å². The van der Waals surface area contributed by atoms with E-state index in [9.17, 15) is 0 Å². The first-order chi connectivity index (χ1) is 14.2. The summed E-state index contributed by atoms with van der Waals surface area (Å²) in [6, 6.07) is 16.8. The third kappa shape index (κ3) is 4.84. The molecule has 0 amide bonds. The van der Waals surface area contributed by atoms with E-state index in [1.807, 2.05) is 0 Å². The van der Waals surface area contributed by atoms with E-state index in [1.54, 1.807) is 11.8 Å². The lowest BCUT2D eigenvalue weighted by atomic mass is 9.88. The largest absolute Gasteiger partial charge is 0.492 e. The normalized spacial score (nSPS) is 14.8. The lowest BCUT2D eigenvalue weighted by Crippen LogP contribution is -2.12. The highest BCUT2D eigenvalue weighted by Crippen LogP contribution is 2.34. The second-order valence-electron chi connectivity index (χ2n) is 7.81. The average Bonchev–Trinajstić information content (AvgIpc) is 3.18. The van der Waals surface area contributed by atoms with Gasteiger partial charge in [0, 0.05) is 17.4 Å². The van der Waals surface area contributed by atoms with E-state index >= 15 is 0 Å². The molecule has 0 bridgehead atoms. The zero-order valence-corrected chi connectivity index (χ0v) is 18.1. The molecule has 5 heteroatoms. The molecule has 0 radical (unpaired) electrons. The van der Waals surface area contributed by atoms with Gasteiger partial charge in [-0.25, -0.2) is 0 Å². The van der Waals surface area contributed by atoms with Crippen LogP contribution in [0.2, 0.25) is 0 Å². The smallest absolute Gasteiger partial charge is 0.195 e. The van der Waals surface area contributed by atoms with Crippen molar-refractivity contribution >= 4 is 11.8 Å². The van der Waals surface area contributed by atoms with Crippen LogP contribution in [0, 0.1) is 13.8 Å². The first-order valence-electron chi connectivity index (χ1n) is 10.6. The molecule has 3 aromatic rings. The summed E-state index contributed by atoms with van der Waals surface area (Å²) in [5.41, 5.74) is 3.54. The summed E-state index contributed by atoms with van der Waals surface area (Å²) in [4.78, 5) is 0. The third-order valence-electron chi connectivity index (χ3n) is 5.56. The number of ether oxygens (including phenoxy) is 1. The summed E-state index contributed by atoms with van der Waals surface area (Å²) in [6.45, 7) is 4.83. The second-order valence-corrected chi connectivity index (χ2v) is 8.87. The van der Waals surface area contributed by atoms with Crippen molar-refractivity contribution in [2.45, 2.75) is 57.0 Å². The Bertz CT molecular complexity index is 933. The van der Waals surface area contributed by atoms with Crippen LogP contribution in [0.15, 0.2) is 53.7 Å². The molecule has 0 saturated heterocycles. The monoisotopic (exact) mass is 407 g/mol. The summed E-state index contributed by atoms with van der Waals surface area (Å²) in [5.74, 6) is 3.44. The molecule has 29 heavy (non-hydrogen) atoms. The van der Waals surface area contributed by atoms with Crippen LogP contribution in [0.1, 0.15) is 55.0 Å². The van der Waals surface area contributed by atoms with E-state index in [1.165, 1.54) is 43.2 Å². The van der Waals surface area contributed by atoms with Crippen LogP contribution < -0.4 is 4.74 Å². The van der Waals surface area contributed by atoms with Crippen molar-refractivity contribution in [1.29, 1.82) is 0 Å². The lowest BCUT2D eigenvalue weighted by molar-refractivity contribution is 0.341. The number of thioether (sulfide) groups is 1. The SMILES string of the molecule is Cc1ccc(C)c(OCCSc2nnc(C3CCCCC3)n2-c2ccccc2)c1. The first kappa shape index (κ1) is 20.0. The van der Waals surface area contributed by atoms with Gasteiger partial charge in [-0.2, -0.15) is 0 Å². The van der Waals surface area contributed by atoms with Crippen molar-refractivity contribution in [2.75, 3.05) is 12.4 Å². The number of rotatable bonds is 7. The van der Waals surface area contributed by atoms with Crippen molar-refractivity contribution in [3.8, 4) is 11.4 Å². The van der Waals surface area contributed by atoms with Crippen LogP contribution in [0.5, 0.6) is 5.75 Å². The molecule has 2 aromatic carbocycles. The maximum Gasteiger partial charge on any atom is 0.195 e. The Labute approximate surface area is 177 Å². The lowest BCUT2D eigenvalue weighted by Gasteiger charge is -2.22. The molecule has 0 unspecified atom stereocenters. The highest BCUT2D eigenvalue weighted by molar-refractivity contribution is 7.99. The van der Waals surface area contributed by atoms with Crippen molar-refractivity contribution < 1.29 is 4.74 Å². The van der Waals surface area contributed by atoms with E-state index in [-0.39, 0.29) is 0 Å². The Morgan fingerprint density at radius 3 is 2.59 bits per heavy atom. The zero-order chi connectivity index (χ0) is 20.1. The fourth-order valence-corrected chi connectivity index (χ4v) is 4.74. The van der Waals surface area contributed by atoms with Gasteiger partial charge in [0.1, 0.15) is 11.6 Å². The minimum Gasteiger partial charge on any atom is -0.492 e. The molecule has 0 atom stereocenters. The number of nitrogens with zero attached hydrogens (tertiary/aromatic N) is 3. The van der Waals surface area contributed by atoms with Crippen molar-refractivity contribution in [2.24, 2.45) is 0 Å². The molecule has 152 valence electrons. The highest BCUT2D eigenvalue weighted by Gasteiger charge is 2.24. The van der Waals surface area contributed by atoms with Crippen molar-refractivity contribution in [3.63, 3.8) is 0 Å². The molecule has 4 nitrogen and oxygen atoms in total. The Hall–Kier alpha value is -2.27. The standard InChI is InChI=1S/C24H29N3OS/c1-18-13-14-19(2)22(17-18)28-15-16-29-24-26-25-23(20-9-5-3-6-10-20)27(24)21-11-7-4-8-12-21/h4,7-8,11-14,17,20H,3,5-6,9-10,15-16H2,1-2H3. The predicted octanol–water partition coefficient (Wildman–Crippen LogP) is 6.10. The first-order valence-corrected chi connectivity index (χ1v) is 11.5. The van der Waals surface area contributed by atoms with Gasteiger partial charge in [-0.3, -0.25) is 4.57 Å². The Morgan fingerprint density at radius 1 is 1.00 bits per heavy atom. The van der Waals surface area contributed by atoms with Gasteiger partial charge in [0.2, 0.25) is 0 Å². The maximum atomic E-state index is 6.03. The highest BCUT2D eigenvalue weighted by atomic mass is 32.2. The third-order valence-corrected chi connectivity index (χ3v) is 6.45. The number of aryl methyl sites for hydroxylation is 2. The average molecular weight is 408 g/mol. The molecule has 0 aliphatic heterocycles. The topological polar surface area (TPSA) is 39.9 Å². The van der Waals surface area contributed by atoms with E-state index in [0.29, 0.717) is 12.5 Å². The Morgan fingerprint density at radius 2 is 1.79 bits per heavy atom. The fraction of sp³-hybridized carbons (Fsp3) is 0.417. The number of aromatic nitrogens is 3. The van der Waals surface area contributed by atoms with Crippen LogP contribution in [0.4, 0.5) is 0 Å². The van der Waals surface area contributed by atoms with E-state index < -0.39 is 0 Å². The maximum absolute atomic E-state index is 6.03. The summed E-state index contributed by atoms with van der Waals surface area (Å²) in [5, 5.41) is 10.2. The van der Waals surface area contributed by atoms with Gasteiger partial charge in [0.05, 0.1) is 6.61 Å². The van der Waals surface area contributed by atoms with Crippen molar-refractivity contribution in [3.05, 3.63) is 65.5 Å². The zero-order valence-electron chi connectivity index (χ0n) is 17.3. The molecule has 0 N–H and O–H groups in total. The van der Waals surface area contributed by atoms with E-state index in [4.69, 9.17) is 4.74 Å². The molecular formula is C24H29N3OS. The predicted molar refractivity (Wildman–Crippen MR) is 119 cm³/mol. The van der Waals surface area contributed by atoms with Gasteiger partial charge in [0.25, 0.3) is 0 Å². The summed E-state index contributed by atoms with van der Waals surface area (Å²) in [7, 11) is 0. The van der Waals surface area contributed by atoms with Crippen LogP contribution in [0.25, 0.3) is 5.69 Å². The Kier molecular flexibility index (Phi) is 6.55. The van der Waals surface area contributed by atoms with Gasteiger partial charge >= 0.3 is 0 Å². The van der Waals surface area contributed by atoms with Gasteiger partial charge in [-0.1, -0.05) is 61.4 Å². The minimum absolute atomic E-state index is 0.511. The minimum atomic E-state index is 0.511. The molecule has 0 spiro atoms. The molecular weight excluding hydrogens is 378 g/mol. The molecule has 1 heterocycles. The molecule has 4 rings (SSSR count). The summed E-state index contributed by atoms with van der Waals surface area (Å²) >= 11 is 1.72. The number of benzene rings is 2.